The molecular formula is C13H15BrN2O. The minimum atomic E-state index is 0.131. The topological polar surface area (TPSA) is 42.0 Å². The van der Waals surface area contributed by atoms with Crippen LogP contribution in [0.3, 0.4) is 0 Å². The van der Waals surface area contributed by atoms with Gasteiger partial charge in [-0.3, -0.25) is 9.78 Å². The van der Waals surface area contributed by atoms with Crippen molar-refractivity contribution in [3.8, 4) is 0 Å². The highest BCUT2D eigenvalue weighted by Crippen LogP contribution is 2.56. The van der Waals surface area contributed by atoms with E-state index in [1.165, 1.54) is 24.0 Å². The van der Waals surface area contributed by atoms with Crippen LogP contribution < -0.4 is 5.32 Å². The Morgan fingerprint density at radius 2 is 2.29 bits per heavy atom. The Morgan fingerprint density at radius 1 is 1.53 bits per heavy atom. The van der Waals surface area contributed by atoms with Crippen molar-refractivity contribution in [3.05, 3.63) is 28.0 Å². The molecule has 1 aromatic rings. The van der Waals surface area contributed by atoms with E-state index in [-0.39, 0.29) is 11.9 Å². The molecule has 4 rings (SSSR count). The first-order valence-corrected chi connectivity index (χ1v) is 6.92. The van der Waals surface area contributed by atoms with Crippen molar-refractivity contribution in [2.45, 2.75) is 38.1 Å². The lowest BCUT2D eigenvalue weighted by Gasteiger charge is -2.48. The lowest BCUT2D eigenvalue weighted by atomic mass is 9.60. The third-order valence-electron chi connectivity index (χ3n) is 4.00. The van der Waals surface area contributed by atoms with Gasteiger partial charge in [-0.05, 0) is 51.7 Å². The molecule has 0 radical (unpaired) electrons. The second-order valence-corrected chi connectivity index (χ2v) is 5.81. The Kier molecular flexibility index (Phi) is 2.69. The smallest absolute Gasteiger partial charge is 0.220 e. The molecule has 17 heavy (non-hydrogen) atoms. The van der Waals surface area contributed by atoms with Gasteiger partial charge in [0.15, 0.2) is 0 Å². The lowest BCUT2D eigenvalue weighted by Crippen LogP contribution is -2.43. The molecule has 1 atom stereocenters. The maximum atomic E-state index is 11.6. The molecular weight excluding hydrogens is 280 g/mol. The van der Waals surface area contributed by atoms with Gasteiger partial charge in [0.25, 0.3) is 0 Å². The molecule has 90 valence electrons. The van der Waals surface area contributed by atoms with Gasteiger partial charge in [0, 0.05) is 23.3 Å². The second-order valence-electron chi connectivity index (χ2n) is 4.95. The average Bonchev–Trinajstić information content (AvgIpc) is 2.28. The van der Waals surface area contributed by atoms with Gasteiger partial charge >= 0.3 is 0 Å². The third-order valence-corrected chi connectivity index (χ3v) is 4.63. The molecule has 3 aliphatic carbocycles. The summed E-state index contributed by atoms with van der Waals surface area (Å²) in [5, 5.41) is 3.14. The fourth-order valence-electron chi connectivity index (χ4n) is 3.03. The van der Waals surface area contributed by atoms with Crippen molar-refractivity contribution >= 4 is 21.8 Å². The van der Waals surface area contributed by atoms with E-state index in [4.69, 9.17) is 0 Å². The van der Waals surface area contributed by atoms with Gasteiger partial charge in [0.1, 0.15) is 0 Å². The van der Waals surface area contributed by atoms with Gasteiger partial charge in [0.05, 0.1) is 6.04 Å². The first-order valence-electron chi connectivity index (χ1n) is 6.13. The van der Waals surface area contributed by atoms with Crippen LogP contribution in [0.15, 0.2) is 16.9 Å². The van der Waals surface area contributed by atoms with Crippen molar-refractivity contribution in [3.63, 3.8) is 0 Å². The van der Waals surface area contributed by atoms with Crippen LogP contribution in [0.4, 0.5) is 0 Å². The number of rotatable bonds is 2. The minimum Gasteiger partial charge on any atom is -0.349 e. The van der Waals surface area contributed by atoms with Crippen molar-refractivity contribution < 1.29 is 4.79 Å². The summed E-state index contributed by atoms with van der Waals surface area (Å²) in [6.45, 7) is 1.89. The predicted octanol–water partition coefficient (Wildman–Crippen LogP) is 2.92. The maximum Gasteiger partial charge on any atom is 0.220 e. The summed E-state index contributed by atoms with van der Waals surface area (Å²) in [7, 11) is 0. The zero-order chi connectivity index (χ0) is 12.0. The zero-order valence-electron chi connectivity index (χ0n) is 9.74. The number of hydrogen-bond donors (Lipinski definition) is 1. The highest BCUT2D eigenvalue weighted by molar-refractivity contribution is 9.10. The van der Waals surface area contributed by atoms with Crippen LogP contribution in [0.1, 0.15) is 49.3 Å². The molecule has 3 aliphatic rings. The Bertz CT molecular complexity index is 468. The quantitative estimate of drug-likeness (QED) is 0.911. The fraction of sp³-hybridized carbons (Fsp3) is 0.538. The van der Waals surface area contributed by atoms with Crippen molar-refractivity contribution in [2.24, 2.45) is 5.92 Å². The summed E-state index contributed by atoms with van der Waals surface area (Å²) < 4.78 is 1.09. The standard InChI is InChI=1S/C13H15BrN2O/c1-2-11(17)16-13-8-3-7(4-8)12-9(13)5-15-6-10(12)14/h5-8,13H,2-4H2,1H3,(H,16,17). The molecule has 0 spiro atoms. The van der Waals surface area contributed by atoms with Crippen LogP contribution in [-0.4, -0.2) is 10.9 Å². The van der Waals surface area contributed by atoms with E-state index in [0.717, 1.165) is 4.47 Å². The molecule has 1 unspecified atom stereocenters. The van der Waals surface area contributed by atoms with Gasteiger partial charge in [-0.1, -0.05) is 6.92 Å². The third kappa shape index (κ3) is 1.69. The molecule has 1 N–H and O–H groups in total. The molecule has 1 aromatic heterocycles. The van der Waals surface area contributed by atoms with E-state index in [0.29, 0.717) is 18.3 Å². The van der Waals surface area contributed by atoms with Crippen LogP contribution in [0.2, 0.25) is 0 Å². The number of halogens is 1. The number of pyridine rings is 1. The summed E-state index contributed by atoms with van der Waals surface area (Å²) in [5.74, 6) is 1.41. The Labute approximate surface area is 109 Å². The molecule has 2 bridgehead atoms. The summed E-state index contributed by atoms with van der Waals surface area (Å²) in [6, 6.07) is 0.174. The van der Waals surface area contributed by atoms with E-state index < -0.39 is 0 Å². The molecule has 1 saturated carbocycles. The van der Waals surface area contributed by atoms with Crippen LogP contribution >= 0.6 is 15.9 Å². The summed E-state index contributed by atoms with van der Waals surface area (Å²) >= 11 is 3.58. The molecule has 3 nitrogen and oxygen atoms in total. The molecule has 0 aromatic carbocycles. The first-order chi connectivity index (χ1) is 8.20. The number of nitrogens with zero attached hydrogens (tertiary/aromatic N) is 1. The number of nitrogens with one attached hydrogen (secondary N) is 1. The van der Waals surface area contributed by atoms with Gasteiger partial charge in [0.2, 0.25) is 5.91 Å². The largest absolute Gasteiger partial charge is 0.349 e. The zero-order valence-corrected chi connectivity index (χ0v) is 11.3. The predicted molar refractivity (Wildman–Crippen MR) is 68.6 cm³/mol. The monoisotopic (exact) mass is 294 g/mol. The van der Waals surface area contributed by atoms with Crippen LogP contribution in [0, 0.1) is 5.92 Å². The molecule has 0 aliphatic heterocycles. The molecule has 1 heterocycles. The SMILES string of the molecule is CCC(=O)NC1c2cncc(Br)c2C2CC1C2. The van der Waals surface area contributed by atoms with Crippen molar-refractivity contribution in [1.82, 2.24) is 10.3 Å². The Morgan fingerprint density at radius 3 is 3.00 bits per heavy atom. The normalized spacial score (nSPS) is 29.2. The number of hydrogen-bond acceptors (Lipinski definition) is 2. The highest BCUT2D eigenvalue weighted by Gasteiger charge is 2.45. The summed E-state index contributed by atoms with van der Waals surface area (Å²) in [4.78, 5) is 15.8. The first kappa shape index (κ1) is 11.2. The highest BCUT2D eigenvalue weighted by atomic mass is 79.9. The van der Waals surface area contributed by atoms with Gasteiger partial charge < -0.3 is 5.32 Å². The second kappa shape index (κ2) is 4.09. The molecule has 1 amide bonds. The summed E-state index contributed by atoms with van der Waals surface area (Å²) in [5.41, 5.74) is 2.58. The van der Waals surface area contributed by atoms with Gasteiger partial charge in [-0.15, -0.1) is 0 Å². The lowest BCUT2D eigenvalue weighted by molar-refractivity contribution is -0.122. The van der Waals surface area contributed by atoms with Gasteiger partial charge in [-0.25, -0.2) is 0 Å². The van der Waals surface area contributed by atoms with E-state index in [1.807, 2.05) is 19.3 Å². The average molecular weight is 295 g/mol. The molecule has 1 fully saturated rings. The summed E-state index contributed by atoms with van der Waals surface area (Å²) in [6.07, 6.45) is 6.72. The fourth-order valence-corrected chi connectivity index (χ4v) is 3.70. The molecule has 4 heteroatoms. The van der Waals surface area contributed by atoms with Crippen LogP contribution in [-0.2, 0) is 4.79 Å². The maximum absolute atomic E-state index is 11.6. The van der Waals surface area contributed by atoms with E-state index >= 15 is 0 Å². The Hall–Kier alpha value is -0.900. The van der Waals surface area contributed by atoms with Crippen molar-refractivity contribution in [1.29, 1.82) is 0 Å². The number of amides is 1. The number of aromatic nitrogens is 1. The van der Waals surface area contributed by atoms with Gasteiger partial charge in [-0.2, -0.15) is 0 Å². The number of carbonyl (C=O) groups excluding carboxylic acids is 1. The van der Waals surface area contributed by atoms with Crippen LogP contribution in [0.25, 0.3) is 0 Å². The Balaban J connectivity index is 1.98. The van der Waals surface area contributed by atoms with Crippen LogP contribution in [0.5, 0.6) is 0 Å². The van der Waals surface area contributed by atoms with Crippen molar-refractivity contribution in [2.75, 3.05) is 0 Å². The minimum absolute atomic E-state index is 0.131. The van der Waals surface area contributed by atoms with E-state index in [2.05, 4.69) is 26.2 Å². The number of carbonyl (C=O) groups is 1. The van der Waals surface area contributed by atoms with E-state index in [1.54, 1.807) is 0 Å². The van der Waals surface area contributed by atoms with E-state index in [9.17, 15) is 4.79 Å². The molecule has 0 saturated heterocycles.